The standard InChI is InChI=1S/C12H13F2N3O2S/c13-11(14)20-9-4-2-1-3-8(9)16-7-10(18)17-6-5-15-12(17)19/h1-4,11,16H,5-7H2,(H,15,19). The van der Waals surface area contributed by atoms with Crippen molar-refractivity contribution < 1.29 is 18.4 Å². The van der Waals surface area contributed by atoms with Crippen LogP contribution in [-0.4, -0.2) is 42.2 Å². The molecule has 1 fully saturated rings. The maximum absolute atomic E-state index is 12.4. The number of halogens is 2. The van der Waals surface area contributed by atoms with Crippen LogP contribution in [0.2, 0.25) is 0 Å². The van der Waals surface area contributed by atoms with E-state index in [1.807, 2.05) is 0 Å². The van der Waals surface area contributed by atoms with Crippen LogP contribution >= 0.6 is 11.8 Å². The first-order valence-electron chi connectivity index (χ1n) is 5.94. The summed E-state index contributed by atoms with van der Waals surface area (Å²) < 4.78 is 24.8. The lowest BCUT2D eigenvalue weighted by molar-refractivity contribution is -0.125. The number of hydrogen-bond donors (Lipinski definition) is 2. The second-order valence-electron chi connectivity index (χ2n) is 4.01. The van der Waals surface area contributed by atoms with E-state index in [4.69, 9.17) is 0 Å². The van der Waals surface area contributed by atoms with E-state index in [9.17, 15) is 18.4 Å². The lowest BCUT2D eigenvalue weighted by Gasteiger charge is -2.15. The van der Waals surface area contributed by atoms with Gasteiger partial charge in [-0.3, -0.25) is 9.69 Å². The molecule has 0 atom stereocenters. The number of carbonyl (C=O) groups is 2. The van der Waals surface area contributed by atoms with Crippen molar-refractivity contribution >= 4 is 29.4 Å². The van der Waals surface area contributed by atoms with Crippen LogP contribution in [0.3, 0.4) is 0 Å². The number of para-hydroxylation sites is 1. The number of rotatable bonds is 5. The molecular weight excluding hydrogens is 288 g/mol. The average molecular weight is 301 g/mol. The van der Waals surface area contributed by atoms with Crippen LogP contribution in [0.15, 0.2) is 29.2 Å². The molecule has 3 amide bonds. The van der Waals surface area contributed by atoms with E-state index >= 15 is 0 Å². The molecule has 0 saturated carbocycles. The molecule has 0 spiro atoms. The number of imide groups is 1. The smallest absolute Gasteiger partial charge is 0.324 e. The molecule has 1 aromatic rings. The van der Waals surface area contributed by atoms with Crippen molar-refractivity contribution in [3.8, 4) is 0 Å². The molecule has 2 N–H and O–H groups in total. The number of carbonyl (C=O) groups excluding carboxylic acids is 2. The van der Waals surface area contributed by atoms with Crippen molar-refractivity contribution in [1.82, 2.24) is 10.2 Å². The molecule has 1 aliphatic heterocycles. The van der Waals surface area contributed by atoms with Gasteiger partial charge in [0.15, 0.2) is 0 Å². The summed E-state index contributed by atoms with van der Waals surface area (Å²) in [6.45, 7) is 0.642. The van der Waals surface area contributed by atoms with Crippen LogP contribution in [-0.2, 0) is 4.79 Å². The predicted molar refractivity (Wildman–Crippen MR) is 71.9 cm³/mol. The Labute approximate surface area is 118 Å². The second-order valence-corrected chi connectivity index (χ2v) is 5.04. The van der Waals surface area contributed by atoms with Gasteiger partial charge in [-0.15, -0.1) is 0 Å². The first kappa shape index (κ1) is 14.6. The average Bonchev–Trinajstić information content (AvgIpc) is 2.83. The minimum atomic E-state index is -2.53. The predicted octanol–water partition coefficient (Wildman–Crippen LogP) is 1.96. The van der Waals surface area contributed by atoms with Gasteiger partial charge in [0.25, 0.3) is 5.76 Å². The summed E-state index contributed by atoms with van der Waals surface area (Å²) in [5.41, 5.74) is 0.450. The normalized spacial score (nSPS) is 14.6. The van der Waals surface area contributed by atoms with Crippen molar-refractivity contribution in [2.24, 2.45) is 0 Å². The van der Waals surface area contributed by atoms with E-state index in [0.717, 1.165) is 4.90 Å². The molecule has 108 valence electrons. The van der Waals surface area contributed by atoms with Crippen molar-refractivity contribution in [2.45, 2.75) is 10.7 Å². The minimum absolute atomic E-state index is 0.117. The van der Waals surface area contributed by atoms with Crippen LogP contribution in [0.25, 0.3) is 0 Å². The van der Waals surface area contributed by atoms with Crippen LogP contribution in [0.4, 0.5) is 19.3 Å². The number of urea groups is 1. The monoisotopic (exact) mass is 301 g/mol. The zero-order chi connectivity index (χ0) is 14.5. The zero-order valence-corrected chi connectivity index (χ0v) is 11.3. The molecule has 0 bridgehead atoms. The topological polar surface area (TPSA) is 61.4 Å². The van der Waals surface area contributed by atoms with Gasteiger partial charge in [-0.2, -0.15) is 8.78 Å². The summed E-state index contributed by atoms with van der Waals surface area (Å²) in [7, 11) is 0. The fourth-order valence-electron chi connectivity index (χ4n) is 1.79. The number of hydrogen-bond acceptors (Lipinski definition) is 4. The van der Waals surface area contributed by atoms with Crippen molar-refractivity contribution in [2.75, 3.05) is 25.0 Å². The highest BCUT2D eigenvalue weighted by molar-refractivity contribution is 7.99. The van der Waals surface area contributed by atoms with Crippen LogP contribution < -0.4 is 10.6 Å². The summed E-state index contributed by atoms with van der Waals surface area (Å²) in [5.74, 6) is -2.92. The lowest BCUT2D eigenvalue weighted by atomic mass is 10.3. The van der Waals surface area contributed by atoms with Gasteiger partial charge in [0.05, 0.1) is 6.54 Å². The Bertz CT molecular complexity index is 513. The molecule has 1 heterocycles. The molecule has 0 radical (unpaired) electrons. The highest BCUT2D eigenvalue weighted by atomic mass is 32.2. The van der Waals surface area contributed by atoms with Gasteiger partial charge in [-0.05, 0) is 12.1 Å². The highest BCUT2D eigenvalue weighted by Gasteiger charge is 2.25. The first-order valence-corrected chi connectivity index (χ1v) is 6.82. The van der Waals surface area contributed by atoms with Gasteiger partial charge in [-0.25, -0.2) is 4.79 Å². The van der Waals surface area contributed by atoms with E-state index < -0.39 is 17.7 Å². The summed E-state index contributed by atoms with van der Waals surface area (Å²) in [4.78, 5) is 24.6. The van der Waals surface area contributed by atoms with E-state index in [1.165, 1.54) is 0 Å². The molecule has 0 aliphatic carbocycles. The van der Waals surface area contributed by atoms with Crippen molar-refractivity contribution in [3.05, 3.63) is 24.3 Å². The van der Waals surface area contributed by atoms with Gasteiger partial charge in [0.1, 0.15) is 0 Å². The summed E-state index contributed by atoms with van der Waals surface area (Å²) in [5, 5.41) is 5.31. The minimum Gasteiger partial charge on any atom is -0.375 e. The highest BCUT2D eigenvalue weighted by Crippen LogP contribution is 2.31. The molecule has 2 rings (SSSR count). The van der Waals surface area contributed by atoms with E-state index in [1.54, 1.807) is 24.3 Å². The van der Waals surface area contributed by atoms with Crippen LogP contribution in [0.1, 0.15) is 0 Å². The molecule has 0 unspecified atom stereocenters. The maximum Gasteiger partial charge on any atom is 0.324 e. The lowest BCUT2D eigenvalue weighted by Crippen LogP contribution is -2.38. The molecule has 20 heavy (non-hydrogen) atoms. The number of alkyl halides is 2. The third-order valence-corrected chi connectivity index (χ3v) is 3.48. The van der Waals surface area contributed by atoms with Crippen LogP contribution in [0, 0.1) is 0 Å². The van der Waals surface area contributed by atoms with Crippen molar-refractivity contribution in [3.63, 3.8) is 0 Å². The Balaban J connectivity index is 1.96. The summed E-state index contributed by atoms with van der Waals surface area (Å²) in [6.07, 6.45) is 0. The fourth-order valence-corrected chi connectivity index (χ4v) is 2.40. The molecule has 1 saturated heterocycles. The molecule has 1 aliphatic rings. The van der Waals surface area contributed by atoms with E-state index in [2.05, 4.69) is 10.6 Å². The first-order chi connectivity index (χ1) is 9.58. The Morgan fingerprint density at radius 1 is 1.45 bits per heavy atom. The molecule has 0 aromatic heterocycles. The number of benzene rings is 1. The number of amides is 3. The third-order valence-electron chi connectivity index (χ3n) is 2.69. The van der Waals surface area contributed by atoms with Crippen LogP contribution in [0.5, 0.6) is 0 Å². The summed E-state index contributed by atoms with van der Waals surface area (Å²) >= 11 is 0.409. The van der Waals surface area contributed by atoms with Gasteiger partial charge in [0.2, 0.25) is 5.91 Å². The molecule has 5 nitrogen and oxygen atoms in total. The number of anilines is 1. The number of thioether (sulfide) groups is 1. The quantitative estimate of drug-likeness (QED) is 0.816. The Morgan fingerprint density at radius 3 is 2.85 bits per heavy atom. The van der Waals surface area contributed by atoms with Crippen molar-refractivity contribution in [1.29, 1.82) is 0 Å². The van der Waals surface area contributed by atoms with E-state index in [-0.39, 0.29) is 6.54 Å². The fraction of sp³-hybridized carbons (Fsp3) is 0.333. The maximum atomic E-state index is 12.4. The van der Waals surface area contributed by atoms with E-state index in [0.29, 0.717) is 35.4 Å². The molecular formula is C12H13F2N3O2S. The number of nitrogens with zero attached hydrogens (tertiary/aromatic N) is 1. The third kappa shape index (κ3) is 3.60. The van der Waals surface area contributed by atoms with Gasteiger partial charge < -0.3 is 10.6 Å². The zero-order valence-electron chi connectivity index (χ0n) is 10.4. The summed E-state index contributed by atoms with van der Waals surface area (Å²) in [6, 6.07) is 6.07. The van der Waals surface area contributed by atoms with Gasteiger partial charge >= 0.3 is 6.03 Å². The second kappa shape index (κ2) is 6.56. The SMILES string of the molecule is O=C(CNc1ccccc1SC(F)F)N1CCNC1=O. The Morgan fingerprint density at radius 2 is 2.20 bits per heavy atom. The molecule has 1 aromatic carbocycles. The Kier molecular flexibility index (Phi) is 4.78. The number of nitrogens with one attached hydrogen (secondary N) is 2. The largest absolute Gasteiger partial charge is 0.375 e. The Hall–Kier alpha value is -1.83. The molecule has 8 heteroatoms. The van der Waals surface area contributed by atoms with Gasteiger partial charge in [0, 0.05) is 23.7 Å². The van der Waals surface area contributed by atoms with Gasteiger partial charge in [-0.1, -0.05) is 23.9 Å².